The van der Waals surface area contributed by atoms with E-state index in [0.29, 0.717) is 11.1 Å². The second-order valence-corrected chi connectivity index (χ2v) is 7.75. The third-order valence-electron chi connectivity index (χ3n) is 4.26. The van der Waals surface area contributed by atoms with Crippen LogP contribution in [0.15, 0.2) is 91.0 Å². The van der Waals surface area contributed by atoms with E-state index in [9.17, 15) is 14.3 Å². The first-order valence-corrected chi connectivity index (χ1v) is 9.87. The van der Waals surface area contributed by atoms with E-state index in [4.69, 9.17) is 9.26 Å². The van der Waals surface area contributed by atoms with Crippen LogP contribution >= 0.6 is 7.60 Å². The zero-order valence-corrected chi connectivity index (χ0v) is 15.6. The first-order valence-electron chi connectivity index (χ1n) is 8.29. The number of benzene rings is 3. The molecule has 0 amide bonds. The van der Waals surface area contributed by atoms with Crippen LogP contribution in [0, 0.1) is 0 Å². The molecule has 27 heavy (non-hydrogen) atoms. The Balaban J connectivity index is 2.29. The van der Waals surface area contributed by atoms with Gasteiger partial charge in [-0.3, -0.25) is 0 Å². The number of rotatable bonds is 6. The van der Waals surface area contributed by atoms with Gasteiger partial charge in [-0.15, -0.1) is 0 Å². The first kappa shape index (κ1) is 18.9. The Labute approximate surface area is 157 Å². The van der Waals surface area contributed by atoms with Crippen molar-refractivity contribution in [3.8, 4) is 5.75 Å². The molecule has 0 radical (unpaired) electrons. The molecule has 3 aromatic rings. The molecule has 0 saturated heterocycles. The zero-order valence-electron chi connectivity index (χ0n) is 14.7. The minimum absolute atomic E-state index is 0.184. The third-order valence-corrected chi connectivity index (χ3v) is 6.27. The van der Waals surface area contributed by atoms with Gasteiger partial charge in [0.25, 0.3) is 0 Å². The number of hydrogen-bond donors (Lipinski definition) is 1. The lowest BCUT2D eigenvalue weighted by Gasteiger charge is -2.34. The van der Waals surface area contributed by atoms with Crippen molar-refractivity contribution >= 4 is 13.6 Å². The molecule has 0 bridgehead atoms. The lowest BCUT2D eigenvalue weighted by Crippen LogP contribution is -2.39. The number of esters is 1. The lowest BCUT2D eigenvalue weighted by atomic mass is 9.90. The number of hydrogen-bond acceptors (Lipinski definition) is 4. The van der Waals surface area contributed by atoms with Crippen molar-refractivity contribution < 1.29 is 23.5 Å². The van der Waals surface area contributed by atoms with Crippen LogP contribution < -0.4 is 4.52 Å². The second kappa shape index (κ2) is 7.78. The van der Waals surface area contributed by atoms with Crippen LogP contribution in [0.3, 0.4) is 0 Å². The fraction of sp³-hybridized carbons (Fsp3) is 0.0952. The van der Waals surface area contributed by atoms with Crippen LogP contribution in [0.1, 0.15) is 11.1 Å². The van der Waals surface area contributed by atoms with E-state index in [1.807, 2.05) is 0 Å². The largest absolute Gasteiger partial charge is 0.468 e. The number of para-hydroxylation sites is 1. The Bertz CT molecular complexity index is 903. The molecular formula is C21H19O5P. The van der Waals surface area contributed by atoms with Crippen molar-refractivity contribution in [2.75, 3.05) is 7.11 Å². The summed E-state index contributed by atoms with van der Waals surface area (Å²) in [5, 5.41) is -2.03. The first-order chi connectivity index (χ1) is 13.0. The quantitative estimate of drug-likeness (QED) is 0.506. The van der Waals surface area contributed by atoms with Gasteiger partial charge in [-0.05, 0) is 23.3 Å². The van der Waals surface area contributed by atoms with Gasteiger partial charge < -0.3 is 14.2 Å². The monoisotopic (exact) mass is 382 g/mol. The maximum absolute atomic E-state index is 13.6. The lowest BCUT2D eigenvalue weighted by molar-refractivity contribution is -0.143. The average Bonchev–Trinajstić information content (AvgIpc) is 2.70. The molecule has 0 spiro atoms. The van der Waals surface area contributed by atoms with E-state index in [2.05, 4.69) is 0 Å². The predicted molar refractivity (Wildman–Crippen MR) is 103 cm³/mol. The van der Waals surface area contributed by atoms with E-state index in [0.717, 1.165) is 0 Å². The summed E-state index contributed by atoms with van der Waals surface area (Å²) in [5.41, 5.74) is 0.620. The summed E-state index contributed by atoms with van der Waals surface area (Å²) in [7, 11) is -3.46. The molecule has 0 fully saturated rings. The fourth-order valence-electron chi connectivity index (χ4n) is 3.04. The maximum atomic E-state index is 13.6. The maximum Gasteiger partial charge on any atom is 0.402 e. The van der Waals surface area contributed by atoms with E-state index < -0.39 is 18.7 Å². The summed E-state index contributed by atoms with van der Waals surface area (Å²) in [6.45, 7) is 0. The van der Waals surface area contributed by atoms with Gasteiger partial charge >= 0.3 is 13.6 Å². The molecule has 0 heterocycles. The van der Waals surface area contributed by atoms with E-state index in [1.54, 1.807) is 91.0 Å². The Morgan fingerprint density at radius 2 is 1.22 bits per heavy atom. The van der Waals surface area contributed by atoms with Crippen molar-refractivity contribution in [3.63, 3.8) is 0 Å². The molecule has 0 aliphatic rings. The second-order valence-electron chi connectivity index (χ2n) is 5.86. The van der Waals surface area contributed by atoms with Crippen LogP contribution in [0.4, 0.5) is 0 Å². The Morgan fingerprint density at radius 3 is 1.63 bits per heavy atom. The van der Waals surface area contributed by atoms with E-state index in [-0.39, 0.29) is 5.75 Å². The van der Waals surface area contributed by atoms with Gasteiger partial charge in [0, 0.05) is 0 Å². The fourth-order valence-corrected chi connectivity index (χ4v) is 4.86. The summed E-state index contributed by atoms with van der Waals surface area (Å²) in [6.07, 6.45) is 0. The smallest absolute Gasteiger partial charge is 0.402 e. The summed E-state index contributed by atoms with van der Waals surface area (Å²) in [4.78, 5) is 24.2. The molecule has 6 heteroatoms. The van der Waals surface area contributed by atoms with E-state index >= 15 is 0 Å². The van der Waals surface area contributed by atoms with Crippen molar-refractivity contribution in [2.45, 2.75) is 5.16 Å². The minimum Gasteiger partial charge on any atom is -0.468 e. The molecule has 0 aliphatic heterocycles. The van der Waals surface area contributed by atoms with Crippen LogP contribution in [-0.2, 0) is 19.3 Å². The Kier molecular flexibility index (Phi) is 5.45. The molecule has 5 nitrogen and oxygen atoms in total. The van der Waals surface area contributed by atoms with Crippen molar-refractivity contribution in [1.82, 2.24) is 0 Å². The van der Waals surface area contributed by atoms with Gasteiger partial charge in [0.2, 0.25) is 5.16 Å². The van der Waals surface area contributed by atoms with Gasteiger partial charge in [0.05, 0.1) is 7.11 Å². The van der Waals surface area contributed by atoms with Gasteiger partial charge in [0.1, 0.15) is 5.75 Å². The third kappa shape index (κ3) is 3.39. The Morgan fingerprint density at radius 1 is 0.815 bits per heavy atom. The summed E-state index contributed by atoms with van der Waals surface area (Å²) in [6, 6.07) is 25.0. The molecule has 138 valence electrons. The SMILES string of the molecule is COC(=O)C(c1ccccc1)(c1ccccc1)P(=O)(O)Oc1ccccc1. The van der Waals surface area contributed by atoms with Crippen LogP contribution in [-0.4, -0.2) is 18.0 Å². The minimum atomic E-state index is -4.65. The van der Waals surface area contributed by atoms with Crippen molar-refractivity contribution in [2.24, 2.45) is 0 Å². The topological polar surface area (TPSA) is 72.8 Å². The van der Waals surface area contributed by atoms with Gasteiger partial charge in [-0.25, -0.2) is 9.36 Å². The van der Waals surface area contributed by atoms with Crippen molar-refractivity contribution in [3.05, 3.63) is 102 Å². The molecule has 1 N–H and O–H groups in total. The number of carbonyl (C=O) groups is 1. The van der Waals surface area contributed by atoms with Gasteiger partial charge in [0.15, 0.2) is 0 Å². The molecule has 3 aromatic carbocycles. The van der Waals surface area contributed by atoms with Crippen LogP contribution in [0.5, 0.6) is 5.75 Å². The van der Waals surface area contributed by atoms with Crippen LogP contribution in [0.2, 0.25) is 0 Å². The van der Waals surface area contributed by atoms with Gasteiger partial charge in [-0.2, -0.15) is 0 Å². The molecule has 0 aromatic heterocycles. The Hall–Kier alpha value is -2.88. The molecule has 3 rings (SSSR count). The van der Waals surface area contributed by atoms with E-state index in [1.165, 1.54) is 7.11 Å². The predicted octanol–water partition coefficient (Wildman–Crippen LogP) is 4.37. The highest BCUT2D eigenvalue weighted by Crippen LogP contribution is 2.64. The number of ether oxygens (including phenoxy) is 1. The highest BCUT2D eigenvalue weighted by atomic mass is 31.2. The highest BCUT2D eigenvalue weighted by molar-refractivity contribution is 7.56. The molecule has 0 aliphatic carbocycles. The normalized spacial score (nSPS) is 13.4. The average molecular weight is 382 g/mol. The molecule has 0 saturated carbocycles. The molecule has 1 atom stereocenters. The summed E-state index contributed by atoms with van der Waals surface area (Å²) < 4.78 is 24.1. The molecule has 1 unspecified atom stereocenters. The van der Waals surface area contributed by atoms with Crippen molar-refractivity contribution in [1.29, 1.82) is 0 Å². The standard InChI is InChI=1S/C21H19O5P/c1-25-20(22)21(17-11-5-2-6-12-17,18-13-7-3-8-14-18)27(23,24)26-19-15-9-4-10-16-19/h2-16H,1H3,(H,23,24). The van der Waals surface area contributed by atoms with Gasteiger partial charge in [-0.1, -0.05) is 78.9 Å². The molecular weight excluding hydrogens is 363 g/mol. The highest BCUT2D eigenvalue weighted by Gasteiger charge is 2.60. The van der Waals surface area contributed by atoms with Crippen LogP contribution in [0.25, 0.3) is 0 Å². The number of methoxy groups -OCH3 is 1. The summed E-state index contributed by atoms with van der Waals surface area (Å²) >= 11 is 0. The number of carbonyl (C=O) groups excluding carboxylic acids is 1. The zero-order chi connectivity index (χ0) is 19.3. The summed E-state index contributed by atoms with van der Waals surface area (Å²) in [5.74, 6) is -0.690.